The third-order valence-corrected chi connectivity index (χ3v) is 2.82. The van der Waals surface area contributed by atoms with E-state index >= 15 is 0 Å². The number of amides is 2. The molecule has 2 rings (SSSR count). The summed E-state index contributed by atoms with van der Waals surface area (Å²) >= 11 is 5.58. The molecule has 1 heterocycles. The third kappa shape index (κ3) is 3.86. The first-order valence-electron chi connectivity index (χ1n) is 6.02. The molecule has 0 spiro atoms. The van der Waals surface area contributed by atoms with Crippen LogP contribution in [0.3, 0.4) is 0 Å². The van der Waals surface area contributed by atoms with Crippen molar-refractivity contribution in [1.82, 2.24) is 10.9 Å². The molecule has 22 heavy (non-hydrogen) atoms. The Balaban J connectivity index is 1.88. The van der Waals surface area contributed by atoms with E-state index in [1.807, 2.05) is 0 Å². The lowest BCUT2D eigenvalue weighted by atomic mass is 10.3. The minimum Gasteiger partial charge on any atom is -0.463 e. The lowest BCUT2D eigenvalue weighted by molar-refractivity contribution is -0.136. The van der Waals surface area contributed by atoms with Crippen molar-refractivity contribution in [2.75, 3.05) is 5.32 Å². The number of nitrogens with one attached hydrogen (secondary N) is 3. The van der Waals surface area contributed by atoms with Crippen LogP contribution in [0.5, 0.6) is 0 Å². The van der Waals surface area contributed by atoms with Crippen molar-refractivity contribution >= 4 is 34.8 Å². The van der Waals surface area contributed by atoms with Crippen LogP contribution in [0.1, 0.15) is 5.76 Å². The smallest absolute Gasteiger partial charge is 0.327 e. The summed E-state index contributed by atoms with van der Waals surface area (Å²) in [5.74, 6) is -2.14. The average Bonchev–Trinajstić information content (AvgIpc) is 3.02. The van der Waals surface area contributed by atoms with Gasteiger partial charge in [0.05, 0.1) is 17.0 Å². The van der Waals surface area contributed by atoms with E-state index in [9.17, 15) is 14.0 Å². The Hall–Kier alpha value is -2.80. The van der Waals surface area contributed by atoms with Gasteiger partial charge >= 0.3 is 11.8 Å². The van der Waals surface area contributed by atoms with Gasteiger partial charge in [-0.05, 0) is 30.3 Å². The van der Waals surface area contributed by atoms with Crippen molar-refractivity contribution in [3.05, 3.63) is 59.8 Å². The highest BCUT2D eigenvalue weighted by Gasteiger charge is 2.14. The fourth-order valence-electron chi connectivity index (χ4n) is 1.46. The fourth-order valence-corrected chi connectivity index (χ4v) is 1.64. The zero-order valence-corrected chi connectivity index (χ0v) is 11.9. The number of rotatable bonds is 4. The van der Waals surface area contributed by atoms with Crippen molar-refractivity contribution in [2.24, 2.45) is 0 Å². The van der Waals surface area contributed by atoms with Crippen molar-refractivity contribution in [3.8, 4) is 0 Å². The van der Waals surface area contributed by atoms with Gasteiger partial charge in [-0.1, -0.05) is 18.2 Å². The molecule has 0 fully saturated rings. The van der Waals surface area contributed by atoms with Crippen molar-refractivity contribution in [1.29, 1.82) is 0 Å². The van der Waals surface area contributed by atoms with Gasteiger partial charge in [-0.15, -0.1) is 0 Å². The molecular weight excluding hydrogens is 313 g/mol. The molecule has 0 saturated carbocycles. The van der Waals surface area contributed by atoms with Crippen LogP contribution in [0, 0.1) is 5.82 Å². The summed E-state index contributed by atoms with van der Waals surface area (Å²) < 4.78 is 18.0. The molecule has 0 aliphatic rings. The second kappa shape index (κ2) is 6.77. The molecule has 2 amide bonds. The number of anilines is 1. The van der Waals surface area contributed by atoms with E-state index in [4.69, 9.17) is 16.0 Å². The molecule has 3 N–H and O–H groups in total. The number of hydrazine groups is 1. The summed E-state index contributed by atoms with van der Waals surface area (Å²) in [6, 6.07) is 6.82. The first-order chi connectivity index (χ1) is 10.5. The maximum Gasteiger partial charge on any atom is 0.327 e. The zero-order valence-electron chi connectivity index (χ0n) is 11.2. The molecule has 0 saturated heterocycles. The number of carbonyl (C=O) groups is 2. The van der Waals surface area contributed by atoms with E-state index in [0.717, 1.165) is 6.07 Å². The summed E-state index contributed by atoms with van der Waals surface area (Å²) in [5, 5.41) is 2.11. The second-order valence-corrected chi connectivity index (χ2v) is 4.53. The Bertz CT molecular complexity index is 716. The first-order valence-corrected chi connectivity index (χ1v) is 6.40. The van der Waals surface area contributed by atoms with Crippen LogP contribution in [0.2, 0.25) is 5.02 Å². The predicted octanol–water partition coefficient (Wildman–Crippen LogP) is 2.30. The van der Waals surface area contributed by atoms with E-state index < -0.39 is 17.6 Å². The molecule has 1 aromatic carbocycles. The van der Waals surface area contributed by atoms with Crippen LogP contribution in [0.4, 0.5) is 10.1 Å². The van der Waals surface area contributed by atoms with Gasteiger partial charge in [-0.3, -0.25) is 20.4 Å². The highest BCUT2D eigenvalue weighted by atomic mass is 35.5. The largest absolute Gasteiger partial charge is 0.463 e. The van der Waals surface area contributed by atoms with Gasteiger partial charge in [0.15, 0.2) is 5.76 Å². The van der Waals surface area contributed by atoms with E-state index in [0.29, 0.717) is 5.76 Å². The van der Waals surface area contributed by atoms with E-state index in [-0.39, 0.29) is 16.4 Å². The Labute approximate surface area is 129 Å². The molecule has 2 aromatic rings. The summed E-state index contributed by atoms with van der Waals surface area (Å²) in [5.41, 5.74) is 5.05. The molecule has 8 heteroatoms. The molecule has 0 aliphatic carbocycles. The Morgan fingerprint density at radius 3 is 2.59 bits per heavy atom. The number of halogens is 2. The third-order valence-electron chi connectivity index (χ3n) is 2.53. The summed E-state index contributed by atoms with van der Waals surface area (Å²) in [6.45, 7) is 3.62. The van der Waals surface area contributed by atoms with Gasteiger partial charge in [-0.25, -0.2) is 4.39 Å². The lowest BCUT2D eigenvalue weighted by Gasteiger charge is -2.09. The highest BCUT2D eigenvalue weighted by molar-refractivity contribution is 6.39. The minimum atomic E-state index is -0.965. The number of benzene rings is 1. The zero-order chi connectivity index (χ0) is 16.1. The van der Waals surface area contributed by atoms with E-state index in [2.05, 4.69) is 22.7 Å². The van der Waals surface area contributed by atoms with Crippen LogP contribution < -0.4 is 16.2 Å². The molecule has 0 aliphatic heterocycles. The molecular formula is C14H11ClFN3O3. The van der Waals surface area contributed by atoms with Crippen LogP contribution in [-0.2, 0) is 9.59 Å². The maximum atomic E-state index is 13.0. The molecule has 1 aromatic heterocycles. The molecule has 0 radical (unpaired) electrons. The average molecular weight is 324 g/mol. The monoisotopic (exact) mass is 323 g/mol. The number of hydrogen-bond donors (Lipinski definition) is 3. The van der Waals surface area contributed by atoms with E-state index in [1.54, 1.807) is 12.1 Å². The van der Waals surface area contributed by atoms with Crippen molar-refractivity contribution < 1.29 is 18.4 Å². The van der Waals surface area contributed by atoms with Crippen molar-refractivity contribution in [3.63, 3.8) is 0 Å². The standard InChI is InChI=1S/C14H11ClFN3O3/c1-8(12-3-2-6-22-12)18-19-14(21)13(20)17-9-4-5-11(16)10(15)7-9/h2-7,18H,1H2,(H,17,20)(H,19,21). The SMILES string of the molecule is C=C(NNC(=O)C(=O)Nc1ccc(F)c(Cl)c1)c1ccco1. The van der Waals surface area contributed by atoms with Crippen molar-refractivity contribution in [2.45, 2.75) is 0 Å². The van der Waals surface area contributed by atoms with Gasteiger partial charge in [0.2, 0.25) is 0 Å². The van der Waals surface area contributed by atoms with Crippen LogP contribution >= 0.6 is 11.6 Å². The Morgan fingerprint density at radius 1 is 1.18 bits per heavy atom. The van der Waals surface area contributed by atoms with Crippen LogP contribution in [0.25, 0.3) is 5.70 Å². The summed E-state index contributed by atoms with van der Waals surface area (Å²) in [4.78, 5) is 23.3. The highest BCUT2D eigenvalue weighted by Crippen LogP contribution is 2.19. The lowest BCUT2D eigenvalue weighted by Crippen LogP contribution is -2.42. The van der Waals surface area contributed by atoms with Crippen LogP contribution in [-0.4, -0.2) is 11.8 Å². The summed E-state index contributed by atoms with van der Waals surface area (Å²) in [6.07, 6.45) is 1.44. The van der Waals surface area contributed by atoms with Gasteiger partial charge in [0.25, 0.3) is 0 Å². The number of carbonyl (C=O) groups excluding carboxylic acids is 2. The van der Waals surface area contributed by atoms with E-state index in [1.165, 1.54) is 18.4 Å². The van der Waals surface area contributed by atoms with Gasteiger partial charge in [-0.2, -0.15) is 0 Å². The normalized spacial score (nSPS) is 9.91. The Morgan fingerprint density at radius 2 is 1.95 bits per heavy atom. The molecule has 0 unspecified atom stereocenters. The Kier molecular flexibility index (Phi) is 4.80. The topological polar surface area (TPSA) is 83.4 Å². The minimum absolute atomic E-state index is 0.164. The fraction of sp³-hybridized carbons (Fsp3) is 0. The first kappa shape index (κ1) is 15.6. The quantitative estimate of drug-likeness (QED) is 0.595. The van der Waals surface area contributed by atoms with Gasteiger partial charge < -0.3 is 9.73 Å². The second-order valence-electron chi connectivity index (χ2n) is 4.12. The number of furan rings is 1. The van der Waals surface area contributed by atoms with Gasteiger partial charge in [0.1, 0.15) is 5.82 Å². The number of hydrogen-bond acceptors (Lipinski definition) is 4. The van der Waals surface area contributed by atoms with Crippen LogP contribution in [0.15, 0.2) is 47.6 Å². The molecule has 0 bridgehead atoms. The van der Waals surface area contributed by atoms with Gasteiger partial charge in [0, 0.05) is 5.69 Å². The molecule has 6 nitrogen and oxygen atoms in total. The maximum absolute atomic E-state index is 13.0. The molecule has 0 atom stereocenters. The summed E-state index contributed by atoms with van der Waals surface area (Å²) in [7, 11) is 0. The molecule has 114 valence electrons. The predicted molar refractivity (Wildman–Crippen MR) is 79.1 cm³/mol.